The Bertz CT molecular complexity index is 959. The fourth-order valence-corrected chi connectivity index (χ4v) is 2.66. The van der Waals surface area contributed by atoms with Crippen LogP contribution in [0.3, 0.4) is 0 Å². The highest BCUT2D eigenvalue weighted by Crippen LogP contribution is 2.27. The fraction of sp³-hybridized carbons (Fsp3) is 0.167. The predicted octanol–water partition coefficient (Wildman–Crippen LogP) is 3.64. The molecule has 0 aliphatic carbocycles. The molecular formula is C18H15ClFN3O3. The molecule has 134 valence electrons. The van der Waals surface area contributed by atoms with Crippen molar-refractivity contribution in [1.82, 2.24) is 14.5 Å². The number of carbonyl (C=O) groups excluding carboxylic acids is 1. The van der Waals surface area contributed by atoms with Crippen LogP contribution in [0.4, 0.5) is 4.39 Å². The lowest BCUT2D eigenvalue weighted by Gasteiger charge is -2.11. The zero-order valence-corrected chi connectivity index (χ0v) is 14.8. The molecule has 0 saturated carbocycles. The van der Waals surface area contributed by atoms with Crippen LogP contribution in [0.25, 0.3) is 11.4 Å². The van der Waals surface area contributed by atoms with Crippen LogP contribution in [0.2, 0.25) is 5.02 Å². The first kappa shape index (κ1) is 17.9. The van der Waals surface area contributed by atoms with Gasteiger partial charge in [0.1, 0.15) is 18.2 Å². The monoisotopic (exact) mass is 375 g/mol. The van der Waals surface area contributed by atoms with Crippen LogP contribution in [0, 0.1) is 5.82 Å². The van der Waals surface area contributed by atoms with Crippen molar-refractivity contribution in [3.63, 3.8) is 0 Å². The van der Waals surface area contributed by atoms with Crippen molar-refractivity contribution in [3.8, 4) is 17.1 Å². The van der Waals surface area contributed by atoms with Gasteiger partial charge in [0.25, 0.3) is 0 Å². The van der Waals surface area contributed by atoms with Crippen LogP contribution in [0.1, 0.15) is 15.9 Å². The third-order valence-corrected chi connectivity index (χ3v) is 3.88. The zero-order valence-electron chi connectivity index (χ0n) is 14.1. The second-order valence-corrected chi connectivity index (χ2v) is 5.94. The standard InChI is InChI=1S/C18H15ClFN3O3/c1-23-9-11(18(24)25-2)4-16(23)17-12(3-13(19)6-22-17)10-26-15-5-14(20)7-21-8-15/h3-9H,10H2,1-2H3. The van der Waals surface area contributed by atoms with Gasteiger partial charge in [-0.25, -0.2) is 9.18 Å². The number of hydrogen-bond donors (Lipinski definition) is 0. The maximum absolute atomic E-state index is 13.2. The van der Waals surface area contributed by atoms with Crippen molar-refractivity contribution in [2.24, 2.45) is 7.05 Å². The Morgan fingerprint density at radius 2 is 2.08 bits per heavy atom. The van der Waals surface area contributed by atoms with Gasteiger partial charge in [-0.1, -0.05) is 11.6 Å². The summed E-state index contributed by atoms with van der Waals surface area (Å²) in [5.41, 5.74) is 2.37. The van der Waals surface area contributed by atoms with Gasteiger partial charge in [-0.3, -0.25) is 9.97 Å². The first-order valence-corrected chi connectivity index (χ1v) is 7.98. The lowest BCUT2D eigenvalue weighted by molar-refractivity contribution is 0.0600. The van der Waals surface area contributed by atoms with Crippen molar-refractivity contribution in [2.75, 3.05) is 7.11 Å². The van der Waals surface area contributed by atoms with E-state index >= 15 is 0 Å². The van der Waals surface area contributed by atoms with E-state index in [0.29, 0.717) is 27.5 Å². The van der Waals surface area contributed by atoms with E-state index < -0.39 is 11.8 Å². The Morgan fingerprint density at radius 3 is 2.81 bits per heavy atom. The Balaban J connectivity index is 1.93. The molecule has 6 nitrogen and oxygen atoms in total. The summed E-state index contributed by atoms with van der Waals surface area (Å²) in [4.78, 5) is 19.9. The number of ether oxygens (including phenoxy) is 2. The largest absolute Gasteiger partial charge is 0.487 e. The molecule has 0 saturated heterocycles. The van der Waals surface area contributed by atoms with Crippen LogP contribution in [0.15, 0.2) is 43.0 Å². The van der Waals surface area contributed by atoms with E-state index in [9.17, 15) is 9.18 Å². The summed E-state index contributed by atoms with van der Waals surface area (Å²) >= 11 is 6.06. The molecule has 0 aromatic carbocycles. The van der Waals surface area contributed by atoms with Crippen LogP contribution in [0.5, 0.6) is 5.75 Å². The molecule has 0 radical (unpaired) electrons. The summed E-state index contributed by atoms with van der Waals surface area (Å²) < 4.78 is 25.4. The molecule has 0 aliphatic rings. The summed E-state index contributed by atoms with van der Waals surface area (Å²) in [5.74, 6) is -0.639. The number of nitrogens with zero attached hydrogens (tertiary/aromatic N) is 3. The van der Waals surface area contributed by atoms with Crippen molar-refractivity contribution >= 4 is 17.6 Å². The molecule has 3 aromatic heterocycles. The predicted molar refractivity (Wildman–Crippen MR) is 93.5 cm³/mol. The first-order chi connectivity index (χ1) is 12.5. The van der Waals surface area contributed by atoms with Crippen molar-refractivity contribution < 1.29 is 18.7 Å². The van der Waals surface area contributed by atoms with Gasteiger partial charge in [-0.2, -0.15) is 0 Å². The average molecular weight is 376 g/mol. The van der Waals surface area contributed by atoms with Crippen molar-refractivity contribution in [2.45, 2.75) is 6.61 Å². The van der Waals surface area contributed by atoms with Crippen LogP contribution < -0.4 is 4.74 Å². The topological polar surface area (TPSA) is 66.2 Å². The zero-order chi connectivity index (χ0) is 18.7. The number of aryl methyl sites for hydroxylation is 1. The molecule has 0 N–H and O–H groups in total. The molecule has 0 atom stereocenters. The second kappa shape index (κ2) is 7.53. The lowest BCUT2D eigenvalue weighted by Crippen LogP contribution is -2.02. The van der Waals surface area contributed by atoms with Gasteiger partial charge in [0, 0.05) is 31.1 Å². The van der Waals surface area contributed by atoms with Crippen LogP contribution in [-0.4, -0.2) is 27.6 Å². The molecule has 0 amide bonds. The molecule has 3 rings (SSSR count). The maximum atomic E-state index is 13.2. The second-order valence-electron chi connectivity index (χ2n) is 5.51. The molecule has 0 spiro atoms. The minimum Gasteiger partial charge on any atom is -0.487 e. The minimum atomic E-state index is -0.489. The van der Waals surface area contributed by atoms with Gasteiger partial charge in [0.2, 0.25) is 0 Å². The van der Waals surface area contributed by atoms with Gasteiger partial charge in [0.05, 0.1) is 41.5 Å². The minimum absolute atomic E-state index is 0.104. The first-order valence-electron chi connectivity index (χ1n) is 7.60. The number of pyridine rings is 2. The summed E-state index contributed by atoms with van der Waals surface area (Å²) in [6.07, 6.45) is 5.67. The lowest BCUT2D eigenvalue weighted by atomic mass is 10.1. The normalized spacial score (nSPS) is 10.6. The molecule has 8 heteroatoms. The van der Waals surface area contributed by atoms with E-state index in [2.05, 4.69) is 9.97 Å². The van der Waals surface area contributed by atoms with Gasteiger partial charge in [-0.15, -0.1) is 0 Å². The molecule has 3 heterocycles. The summed E-state index contributed by atoms with van der Waals surface area (Å²) in [7, 11) is 3.11. The van der Waals surface area contributed by atoms with E-state index in [0.717, 1.165) is 6.20 Å². The molecule has 3 aromatic rings. The quantitative estimate of drug-likeness (QED) is 0.637. The molecular weight excluding hydrogens is 361 g/mol. The third kappa shape index (κ3) is 3.83. The van der Waals surface area contributed by atoms with Crippen molar-refractivity contribution in [3.05, 3.63) is 65.0 Å². The smallest absolute Gasteiger partial charge is 0.339 e. The number of esters is 1. The highest BCUT2D eigenvalue weighted by Gasteiger charge is 2.16. The van der Waals surface area contributed by atoms with Gasteiger partial charge < -0.3 is 14.0 Å². The number of rotatable bonds is 5. The number of methoxy groups -OCH3 is 1. The highest BCUT2D eigenvalue weighted by molar-refractivity contribution is 6.30. The Morgan fingerprint density at radius 1 is 1.27 bits per heavy atom. The Hall–Kier alpha value is -2.93. The maximum Gasteiger partial charge on any atom is 0.339 e. The number of carbonyl (C=O) groups is 1. The highest BCUT2D eigenvalue weighted by atomic mass is 35.5. The third-order valence-electron chi connectivity index (χ3n) is 3.68. The molecule has 0 fully saturated rings. The fourth-order valence-electron chi connectivity index (χ4n) is 2.48. The van der Waals surface area contributed by atoms with E-state index in [4.69, 9.17) is 21.1 Å². The Kier molecular flexibility index (Phi) is 5.18. The van der Waals surface area contributed by atoms with E-state index in [1.165, 1.54) is 25.6 Å². The van der Waals surface area contributed by atoms with Gasteiger partial charge in [-0.05, 0) is 12.1 Å². The van der Waals surface area contributed by atoms with Crippen LogP contribution in [-0.2, 0) is 18.4 Å². The number of aromatic nitrogens is 3. The summed E-state index contributed by atoms with van der Waals surface area (Å²) in [6.45, 7) is 0.104. The molecule has 0 unspecified atom stereocenters. The van der Waals surface area contributed by atoms with Gasteiger partial charge >= 0.3 is 5.97 Å². The molecule has 0 bridgehead atoms. The molecule has 26 heavy (non-hydrogen) atoms. The van der Waals surface area contributed by atoms with Crippen LogP contribution >= 0.6 is 11.6 Å². The van der Waals surface area contributed by atoms with E-state index in [-0.39, 0.29) is 12.4 Å². The average Bonchev–Trinajstić information content (AvgIpc) is 3.01. The Labute approximate surface area is 154 Å². The van der Waals surface area contributed by atoms with E-state index in [1.54, 1.807) is 29.9 Å². The summed E-state index contributed by atoms with van der Waals surface area (Å²) in [6, 6.07) is 4.62. The summed E-state index contributed by atoms with van der Waals surface area (Å²) in [5, 5.41) is 0.437. The number of halogens is 2. The SMILES string of the molecule is COC(=O)c1cc(-c2ncc(Cl)cc2COc2cncc(F)c2)n(C)c1. The molecule has 0 aliphatic heterocycles. The van der Waals surface area contributed by atoms with Gasteiger partial charge in [0.15, 0.2) is 0 Å². The van der Waals surface area contributed by atoms with Crippen molar-refractivity contribution in [1.29, 1.82) is 0 Å². The number of hydrogen-bond acceptors (Lipinski definition) is 5. The van der Waals surface area contributed by atoms with E-state index in [1.807, 2.05) is 0 Å².